The van der Waals surface area contributed by atoms with Crippen LogP contribution in [0.3, 0.4) is 0 Å². The Balaban J connectivity index is 1.88. The Morgan fingerprint density at radius 2 is 1.85 bits per heavy atom. The molecule has 2 aromatic rings. The van der Waals surface area contributed by atoms with Gasteiger partial charge in [0, 0.05) is 5.56 Å². The van der Waals surface area contributed by atoms with E-state index in [1.807, 2.05) is 24.3 Å². The van der Waals surface area contributed by atoms with E-state index in [1.165, 1.54) is 0 Å². The van der Waals surface area contributed by atoms with Crippen molar-refractivity contribution >= 4 is 6.21 Å². The lowest BCUT2D eigenvalue weighted by Gasteiger charge is -2.02. The number of hydrogen-bond donors (Lipinski definition) is 0. The average Bonchev–Trinajstić information content (AvgIpc) is 2.52. The van der Waals surface area contributed by atoms with Gasteiger partial charge in [-0.2, -0.15) is 5.26 Å². The summed E-state index contributed by atoms with van der Waals surface area (Å²) in [7, 11) is 1.62. The molecule has 99 valence electrons. The fraction of sp³-hybridized carbons (Fsp3) is 0.125. The molecule has 0 unspecified atom stereocenters. The molecule has 0 bridgehead atoms. The smallest absolute Gasteiger partial charge is 0.142 e. The van der Waals surface area contributed by atoms with Crippen LogP contribution in [0.15, 0.2) is 53.7 Å². The van der Waals surface area contributed by atoms with Crippen molar-refractivity contribution in [2.45, 2.75) is 6.61 Å². The molecule has 0 aliphatic carbocycles. The Morgan fingerprint density at radius 1 is 1.10 bits per heavy atom. The molecular weight excluding hydrogens is 252 g/mol. The van der Waals surface area contributed by atoms with E-state index in [-0.39, 0.29) is 0 Å². The number of benzene rings is 2. The highest BCUT2D eigenvalue weighted by Gasteiger charge is 1.96. The van der Waals surface area contributed by atoms with Crippen molar-refractivity contribution in [2.75, 3.05) is 7.11 Å². The Hall–Kier alpha value is -2.80. The minimum Gasteiger partial charge on any atom is -0.497 e. The maximum Gasteiger partial charge on any atom is 0.142 e. The third-order valence-corrected chi connectivity index (χ3v) is 2.62. The predicted octanol–water partition coefficient (Wildman–Crippen LogP) is 2.99. The van der Waals surface area contributed by atoms with Crippen molar-refractivity contribution < 1.29 is 9.57 Å². The second kappa shape index (κ2) is 6.95. The molecule has 0 saturated heterocycles. The van der Waals surface area contributed by atoms with Crippen LogP contribution in [0, 0.1) is 11.3 Å². The summed E-state index contributed by atoms with van der Waals surface area (Å²) in [5.74, 6) is 0.783. The standard InChI is InChI=1S/C16H13N2O2/c1-19-16-4-2-3-15(9-16)12-20-18-11-14-7-5-13(10-17)6-8-14/h2-9H,12H2,1H3. The highest BCUT2D eigenvalue weighted by molar-refractivity contribution is 5.79. The van der Waals surface area contributed by atoms with E-state index < -0.39 is 0 Å². The highest BCUT2D eigenvalue weighted by Crippen LogP contribution is 2.13. The van der Waals surface area contributed by atoms with Crippen LogP contribution in [0.1, 0.15) is 16.7 Å². The molecule has 4 heteroatoms. The fourth-order valence-electron chi connectivity index (χ4n) is 1.57. The number of methoxy groups -OCH3 is 1. The van der Waals surface area contributed by atoms with E-state index in [1.54, 1.807) is 31.4 Å². The summed E-state index contributed by atoms with van der Waals surface area (Å²) in [6.07, 6.45) is 2.76. The summed E-state index contributed by atoms with van der Waals surface area (Å²) in [4.78, 5) is 5.17. The molecule has 0 aromatic heterocycles. The van der Waals surface area contributed by atoms with Crippen LogP contribution in [0.4, 0.5) is 0 Å². The summed E-state index contributed by atoms with van der Waals surface area (Å²) in [6.45, 7) is 0.348. The van der Waals surface area contributed by atoms with Crippen molar-refractivity contribution in [3.63, 3.8) is 0 Å². The predicted molar refractivity (Wildman–Crippen MR) is 75.5 cm³/mol. The molecule has 2 aromatic carbocycles. The van der Waals surface area contributed by atoms with Crippen LogP contribution in [-0.4, -0.2) is 13.3 Å². The van der Waals surface area contributed by atoms with Gasteiger partial charge in [-0.1, -0.05) is 29.4 Å². The molecule has 20 heavy (non-hydrogen) atoms. The summed E-state index contributed by atoms with van der Waals surface area (Å²) in [5.41, 5.74) is 2.33. The Morgan fingerprint density at radius 3 is 2.55 bits per heavy atom. The van der Waals surface area contributed by atoms with Gasteiger partial charge in [-0.05, 0) is 29.8 Å². The van der Waals surface area contributed by atoms with Crippen LogP contribution in [0.5, 0.6) is 5.75 Å². The van der Waals surface area contributed by atoms with Gasteiger partial charge in [-0.3, -0.25) is 0 Å². The maximum atomic E-state index is 8.68. The maximum absolute atomic E-state index is 8.68. The van der Waals surface area contributed by atoms with E-state index in [2.05, 4.69) is 17.4 Å². The Bertz CT molecular complexity index is 628. The molecule has 0 aliphatic heterocycles. The second-order valence-corrected chi connectivity index (χ2v) is 4.02. The first-order valence-electron chi connectivity index (χ1n) is 6.03. The zero-order valence-corrected chi connectivity index (χ0v) is 11.0. The third-order valence-electron chi connectivity index (χ3n) is 2.62. The molecule has 2 rings (SSSR count). The van der Waals surface area contributed by atoms with E-state index in [9.17, 15) is 0 Å². The topological polar surface area (TPSA) is 54.6 Å². The summed E-state index contributed by atoms with van der Waals surface area (Å²) in [6, 6.07) is 16.6. The number of nitriles is 1. The van der Waals surface area contributed by atoms with E-state index in [0.717, 1.165) is 16.9 Å². The molecule has 0 heterocycles. The third kappa shape index (κ3) is 3.85. The Kier molecular flexibility index (Phi) is 4.74. The Labute approximate surface area is 117 Å². The van der Waals surface area contributed by atoms with Crippen molar-refractivity contribution in [2.24, 2.45) is 5.16 Å². The zero-order valence-electron chi connectivity index (χ0n) is 11.0. The quantitative estimate of drug-likeness (QED) is 0.617. The molecule has 0 saturated carbocycles. The molecule has 1 radical (unpaired) electrons. The van der Waals surface area contributed by atoms with Gasteiger partial charge in [0.15, 0.2) is 0 Å². The normalized spacial score (nSPS) is 10.2. The van der Waals surface area contributed by atoms with Gasteiger partial charge in [-0.15, -0.1) is 0 Å². The molecule has 0 spiro atoms. The van der Waals surface area contributed by atoms with Gasteiger partial charge >= 0.3 is 0 Å². The van der Waals surface area contributed by atoms with Crippen LogP contribution < -0.4 is 4.74 Å². The zero-order chi connectivity index (χ0) is 14.2. The molecule has 0 aliphatic rings. The van der Waals surface area contributed by atoms with Gasteiger partial charge in [0.25, 0.3) is 0 Å². The minimum absolute atomic E-state index is 0.348. The van der Waals surface area contributed by atoms with Crippen molar-refractivity contribution in [1.82, 2.24) is 0 Å². The minimum atomic E-state index is 0.348. The number of rotatable bonds is 5. The van der Waals surface area contributed by atoms with Crippen molar-refractivity contribution in [1.29, 1.82) is 5.26 Å². The summed E-state index contributed by atoms with van der Waals surface area (Å²) >= 11 is 0. The van der Waals surface area contributed by atoms with Crippen LogP contribution in [0.2, 0.25) is 0 Å². The van der Waals surface area contributed by atoms with Crippen LogP contribution >= 0.6 is 0 Å². The molecule has 4 nitrogen and oxygen atoms in total. The van der Waals surface area contributed by atoms with Crippen molar-refractivity contribution in [3.05, 3.63) is 65.2 Å². The van der Waals surface area contributed by atoms with E-state index >= 15 is 0 Å². The second-order valence-electron chi connectivity index (χ2n) is 4.02. The molecular formula is C16H13N2O2. The summed E-state index contributed by atoms with van der Waals surface area (Å²) in [5, 5.41) is 12.5. The number of hydrogen-bond acceptors (Lipinski definition) is 4. The highest BCUT2D eigenvalue weighted by atomic mass is 16.6. The van der Waals surface area contributed by atoms with Gasteiger partial charge < -0.3 is 9.57 Å². The monoisotopic (exact) mass is 265 g/mol. The lowest BCUT2D eigenvalue weighted by Crippen LogP contribution is -1.90. The first-order chi connectivity index (χ1) is 9.81. The summed E-state index contributed by atoms with van der Waals surface area (Å²) < 4.78 is 5.12. The molecule has 0 amide bonds. The van der Waals surface area contributed by atoms with Crippen molar-refractivity contribution in [3.8, 4) is 11.8 Å². The largest absolute Gasteiger partial charge is 0.497 e. The molecule has 0 N–H and O–H groups in total. The fourth-order valence-corrected chi connectivity index (χ4v) is 1.57. The molecule has 0 fully saturated rings. The van der Waals surface area contributed by atoms with Crippen LogP contribution in [0.25, 0.3) is 0 Å². The van der Waals surface area contributed by atoms with Gasteiger partial charge in [0.05, 0.1) is 18.7 Å². The lowest BCUT2D eigenvalue weighted by molar-refractivity contribution is 0.132. The van der Waals surface area contributed by atoms with Gasteiger partial charge in [0.2, 0.25) is 0 Å². The molecule has 0 atom stereocenters. The first-order valence-corrected chi connectivity index (χ1v) is 6.03. The number of nitrogens with zero attached hydrogens (tertiary/aromatic N) is 2. The van der Waals surface area contributed by atoms with E-state index in [4.69, 9.17) is 14.8 Å². The van der Waals surface area contributed by atoms with Gasteiger partial charge in [-0.25, -0.2) is 0 Å². The van der Waals surface area contributed by atoms with E-state index in [0.29, 0.717) is 12.2 Å². The SMILES string of the molecule is COc1cccc(CO/N=[C]\c2ccc(C#N)cc2)c1. The van der Waals surface area contributed by atoms with Crippen LogP contribution in [-0.2, 0) is 11.4 Å². The average molecular weight is 265 g/mol. The lowest BCUT2D eigenvalue weighted by atomic mass is 10.2. The van der Waals surface area contributed by atoms with Gasteiger partial charge in [0.1, 0.15) is 18.6 Å². The first kappa shape index (κ1) is 13.6. The number of ether oxygens (including phenoxy) is 1.